The number of methoxy groups -OCH3 is 1. The zero-order chi connectivity index (χ0) is 14.3. The second-order valence-corrected chi connectivity index (χ2v) is 3.44. The fourth-order valence-electron chi connectivity index (χ4n) is 1.22. The minimum atomic E-state index is -1.13. The summed E-state index contributed by atoms with van der Waals surface area (Å²) in [4.78, 5) is 11.5. The SMILES string of the molecule is COCCOC(=O)/C(C#N)=C\c1cccc(F)c1F. The van der Waals surface area contributed by atoms with E-state index in [0.717, 1.165) is 12.1 Å². The molecule has 1 rings (SSSR count). The van der Waals surface area contributed by atoms with Crippen molar-refractivity contribution in [1.29, 1.82) is 5.26 Å². The summed E-state index contributed by atoms with van der Waals surface area (Å²) in [5, 5.41) is 8.81. The number of hydrogen-bond acceptors (Lipinski definition) is 4. The molecule has 0 heterocycles. The van der Waals surface area contributed by atoms with Gasteiger partial charge in [-0.15, -0.1) is 0 Å². The molecule has 0 saturated heterocycles. The maximum absolute atomic E-state index is 13.4. The van der Waals surface area contributed by atoms with Gasteiger partial charge < -0.3 is 9.47 Å². The van der Waals surface area contributed by atoms with Crippen molar-refractivity contribution in [2.24, 2.45) is 0 Å². The molecule has 0 spiro atoms. The topological polar surface area (TPSA) is 59.3 Å². The molecule has 0 fully saturated rings. The molecule has 100 valence electrons. The van der Waals surface area contributed by atoms with Gasteiger partial charge in [-0.25, -0.2) is 13.6 Å². The minimum Gasteiger partial charge on any atom is -0.459 e. The third kappa shape index (κ3) is 4.16. The monoisotopic (exact) mass is 267 g/mol. The molecule has 19 heavy (non-hydrogen) atoms. The van der Waals surface area contributed by atoms with Gasteiger partial charge in [0.05, 0.1) is 6.61 Å². The van der Waals surface area contributed by atoms with Crippen molar-refractivity contribution >= 4 is 12.0 Å². The van der Waals surface area contributed by atoms with Gasteiger partial charge in [0, 0.05) is 12.7 Å². The van der Waals surface area contributed by atoms with Gasteiger partial charge in [-0.05, 0) is 12.1 Å². The van der Waals surface area contributed by atoms with Gasteiger partial charge in [-0.3, -0.25) is 0 Å². The van der Waals surface area contributed by atoms with Gasteiger partial charge in [0.2, 0.25) is 0 Å². The van der Waals surface area contributed by atoms with Gasteiger partial charge in [0.25, 0.3) is 0 Å². The van der Waals surface area contributed by atoms with Crippen molar-refractivity contribution in [2.75, 3.05) is 20.3 Å². The Balaban J connectivity index is 2.90. The van der Waals surface area contributed by atoms with Crippen molar-refractivity contribution < 1.29 is 23.0 Å². The number of halogens is 2. The van der Waals surface area contributed by atoms with Gasteiger partial charge in [0.1, 0.15) is 18.2 Å². The molecule has 0 aliphatic heterocycles. The lowest BCUT2D eigenvalue weighted by molar-refractivity contribution is -0.139. The van der Waals surface area contributed by atoms with E-state index in [1.165, 1.54) is 19.2 Å². The molecular weight excluding hydrogens is 256 g/mol. The van der Waals surface area contributed by atoms with E-state index in [0.29, 0.717) is 0 Å². The van der Waals surface area contributed by atoms with Crippen LogP contribution < -0.4 is 0 Å². The van der Waals surface area contributed by atoms with Crippen LogP contribution in [0.4, 0.5) is 8.78 Å². The van der Waals surface area contributed by atoms with E-state index in [-0.39, 0.29) is 18.8 Å². The molecule has 0 bridgehead atoms. The number of ether oxygens (including phenoxy) is 2. The summed E-state index contributed by atoms with van der Waals surface area (Å²) in [6.45, 7) is 0.152. The van der Waals surface area contributed by atoms with Crippen molar-refractivity contribution in [3.63, 3.8) is 0 Å². The van der Waals surface area contributed by atoms with Crippen molar-refractivity contribution in [3.05, 3.63) is 41.0 Å². The first-order valence-electron chi connectivity index (χ1n) is 5.32. The highest BCUT2D eigenvalue weighted by molar-refractivity contribution is 5.97. The van der Waals surface area contributed by atoms with Gasteiger partial charge >= 0.3 is 5.97 Å². The maximum Gasteiger partial charge on any atom is 0.348 e. The standard InChI is InChI=1S/C13H11F2NO3/c1-18-5-6-19-13(17)10(8-16)7-9-3-2-4-11(14)12(9)15/h2-4,7H,5-6H2,1H3/b10-7-. The van der Waals surface area contributed by atoms with Crippen LogP contribution in [-0.4, -0.2) is 26.3 Å². The average Bonchev–Trinajstić information content (AvgIpc) is 2.40. The largest absolute Gasteiger partial charge is 0.459 e. The molecule has 0 unspecified atom stereocenters. The molecule has 0 N–H and O–H groups in total. The minimum absolute atomic E-state index is 0.0278. The van der Waals surface area contributed by atoms with E-state index in [9.17, 15) is 13.6 Å². The van der Waals surface area contributed by atoms with Crippen LogP contribution in [0.5, 0.6) is 0 Å². The highest BCUT2D eigenvalue weighted by atomic mass is 19.2. The van der Waals surface area contributed by atoms with E-state index in [1.807, 2.05) is 0 Å². The van der Waals surface area contributed by atoms with Crippen LogP contribution in [0.15, 0.2) is 23.8 Å². The first kappa shape index (κ1) is 14.8. The molecule has 1 aromatic carbocycles. The van der Waals surface area contributed by atoms with E-state index >= 15 is 0 Å². The fraction of sp³-hybridized carbons (Fsp3) is 0.231. The molecular formula is C13H11F2NO3. The first-order chi connectivity index (χ1) is 9.10. The van der Waals surface area contributed by atoms with Crippen LogP contribution in [0.3, 0.4) is 0 Å². The number of nitrogens with zero attached hydrogens (tertiary/aromatic N) is 1. The molecule has 0 amide bonds. The second kappa shape index (κ2) is 7.24. The molecule has 6 heteroatoms. The zero-order valence-corrected chi connectivity index (χ0v) is 10.2. The Labute approximate surface area is 108 Å². The number of esters is 1. The predicted molar refractivity (Wildman–Crippen MR) is 62.8 cm³/mol. The van der Waals surface area contributed by atoms with Crippen LogP contribution in [-0.2, 0) is 14.3 Å². The van der Waals surface area contributed by atoms with Crippen LogP contribution in [0.2, 0.25) is 0 Å². The first-order valence-corrected chi connectivity index (χ1v) is 5.32. The highest BCUT2D eigenvalue weighted by Crippen LogP contribution is 2.15. The summed E-state index contributed by atoms with van der Waals surface area (Å²) in [7, 11) is 1.43. The molecule has 0 aliphatic rings. The number of rotatable bonds is 5. The Morgan fingerprint density at radius 1 is 1.42 bits per heavy atom. The smallest absolute Gasteiger partial charge is 0.348 e. The number of hydrogen-bond donors (Lipinski definition) is 0. The van der Waals surface area contributed by atoms with Crippen LogP contribution in [0.25, 0.3) is 6.08 Å². The normalized spacial score (nSPS) is 10.9. The lowest BCUT2D eigenvalue weighted by atomic mass is 10.1. The number of benzene rings is 1. The van der Waals surface area contributed by atoms with Crippen LogP contribution >= 0.6 is 0 Å². The highest BCUT2D eigenvalue weighted by Gasteiger charge is 2.13. The quantitative estimate of drug-likeness (QED) is 0.354. The van der Waals surface area contributed by atoms with Gasteiger partial charge in [-0.1, -0.05) is 12.1 Å². The summed E-state index contributed by atoms with van der Waals surface area (Å²) >= 11 is 0. The summed E-state index contributed by atoms with van der Waals surface area (Å²) < 4.78 is 35.7. The zero-order valence-electron chi connectivity index (χ0n) is 10.2. The third-order valence-corrected chi connectivity index (χ3v) is 2.14. The number of carbonyl (C=O) groups is 1. The summed E-state index contributed by atoms with van der Waals surface area (Å²) in [5.41, 5.74) is -0.610. The predicted octanol–water partition coefficient (Wildman–Crippen LogP) is 2.06. The number of nitriles is 1. The third-order valence-electron chi connectivity index (χ3n) is 2.14. The molecule has 0 radical (unpaired) electrons. The number of carbonyl (C=O) groups excluding carboxylic acids is 1. The summed E-state index contributed by atoms with van der Waals surface area (Å²) in [6.07, 6.45) is 0.938. The van der Waals surface area contributed by atoms with Gasteiger partial charge in [-0.2, -0.15) is 5.26 Å². The van der Waals surface area contributed by atoms with Crippen molar-refractivity contribution in [3.8, 4) is 6.07 Å². The molecule has 1 aromatic rings. The average molecular weight is 267 g/mol. The lowest BCUT2D eigenvalue weighted by Crippen LogP contribution is -2.11. The molecule has 0 atom stereocenters. The van der Waals surface area contributed by atoms with Crippen LogP contribution in [0, 0.1) is 23.0 Å². The van der Waals surface area contributed by atoms with E-state index in [4.69, 9.17) is 10.00 Å². The van der Waals surface area contributed by atoms with Crippen molar-refractivity contribution in [1.82, 2.24) is 0 Å². The van der Waals surface area contributed by atoms with Crippen molar-refractivity contribution in [2.45, 2.75) is 0 Å². The molecule has 0 saturated carbocycles. The Kier molecular flexibility index (Phi) is 5.64. The maximum atomic E-state index is 13.4. The summed E-state index contributed by atoms with van der Waals surface area (Å²) in [5.74, 6) is -3.10. The molecule has 0 aromatic heterocycles. The van der Waals surface area contributed by atoms with Gasteiger partial charge in [0.15, 0.2) is 11.6 Å². The van der Waals surface area contributed by atoms with E-state index < -0.39 is 23.2 Å². The lowest BCUT2D eigenvalue weighted by Gasteiger charge is -2.03. The Bertz CT molecular complexity index is 535. The van der Waals surface area contributed by atoms with Crippen LogP contribution in [0.1, 0.15) is 5.56 Å². The Morgan fingerprint density at radius 2 is 2.16 bits per heavy atom. The molecule has 4 nitrogen and oxygen atoms in total. The fourth-order valence-corrected chi connectivity index (χ4v) is 1.22. The second-order valence-electron chi connectivity index (χ2n) is 3.44. The van der Waals surface area contributed by atoms with E-state index in [2.05, 4.69) is 4.74 Å². The Morgan fingerprint density at radius 3 is 2.79 bits per heavy atom. The Hall–Kier alpha value is -2.26. The summed E-state index contributed by atoms with van der Waals surface area (Å²) in [6, 6.07) is 5.04. The molecule has 0 aliphatic carbocycles. The van der Waals surface area contributed by atoms with E-state index in [1.54, 1.807) is 6.07 Å².